The Morgan fingerprint density at radius 3 is 2.52 bits per heavy atom. The molecule has 0 saturated heterocycles. The molecule has 6 nitrogen and oxygen atoms in total. The first-order chi connectivity index (χ1) is 13.1. The standard InChI is InChI=1S/C21H17N3O3/c25-21-19(17-11-4-5-12-18(17)23-21)20(14-7-2-1-3-8-14)22-15-9-6-10-16(13-15)24(26)27/h1-13,21-23,25H/b20-19-. The minimum Gasteiger partial charge on any atom is -0.369 e. The van der Waals surface area contributed by atoms with Crippen molar-refractivity contribution in [3.05, 3.63) is 100 Å². The Morgan fingerprint density at radius 1 is 1.00 bits per heavy atom. The van der Waals surface area contributed by atoms with Crippen molar-refractivity contribution in [1.82, 2.24) is 0 Å². The van der Waals surface area contributed by atoms with E-state index in [1.165, 1.54) is 12.1 Å². The number of para-hydroxylation sites is 1. The molecule has 0 aromatic heterocycles. The summed E-state index contributed by atoms with van der Waals surface area (Å²) in [5.74, 6) is 0. The van der Waals surface area contributed by atoms with Crippen molar-refractivity contribution in [2.75, 3.05) is 10.6 Å². The summed E-state index contributed by atoms with van der Waals surface area (Å²) in [5, 5.41) is 28.1. The van der Waals surface area contributed by atoms with Crippen LogP contribution in [0.5, 0.6) is 0 Å². The molecule has 0 amide bonds. The Kier molecular flexibility index (Phi) is 4.32. The molecule has 4 rings (SSSR count). The molecule has 0 bridgehead atoms. The first kappa shape index (κ1) is 16.8. The number of nitrogens with zero attached hydrogens (tertiary/aromatic N) is 1. The predicted molar refractivity (Wildman–Crippen MR) is 106 cm³/mol. The van der Waals surface area contributed by atoms with E-state index in [1.54, 1.807) is 12.1 Å². The van der Waals surface area contributed by atoms with Gasteiger partial charge in [0.25, 0.3) is 5.69 Å². The van der Waals surface area contributed by atoms with Crippen LogP contribution in [0.4, 0.5) is 17.1 Å². The number of nitro groups is 1. The number of nitro benzene ring substituents is 1. The Hall–Kier alpha value is -3.64. The minimum atomic E-state index is -0.885. The number of rotatable bonds is 4. The highest BCUT2D eigenvalue weighted by atomic mass is 16.6. The van der Waals surface area contributed by atoms with Crippen LogP contribution in [-0.4, -0.2) is 16.3 Å². The van der Waals surface area contributed by atoms with Crippen LogP contribution in [0.15, 0.2) is 78.9 Å². The Labute approximate surface area is 155 Å². The molecule has 0 aliphatic carbocycles. The van der Waals surface area contributed by atoms with Gasteiger partial charge in [-0.25, -0.2) is 0 Å². The number of hydrogen-bond acceptors (Lipinski definition) is 5. The van der Waals surface area contributed by atoms with Crippen molar-refractivity contribution in [2.45, 2.75) is 6.23 Å². The molecular formula is C21H17N3O3. The van der Waals surface area contributed by atoms with Crippen LogP contribution < -0.4 is 10.6 Å². The average molecular weight is 359 g/mol. The van der Waals surface area contributed by atoms with Gasteiger partial charge in [-0.3, -0.25) is 10.1 Å². The minimum absolute atomic E-state index is 0.00269. The Balaban J connectivity index is 1.87. The Bertz CT molecular complexity index is 1030. The molecule has 6 heteroatoms. The molecule has 27 heavy (non-hydrogen) atoms. The van der Waals surface area contributed by atoms with E-state index >= 15 is 0 Å². The molecule has 0 radical (unpaired) electrons. The van der Waals surface area contributed by atoms with E-state index in [9.17, 15) is 15.2 Å². The number of nitrogens with one attached hydrogen (secondary N) is 2. The number of hydrogen-bond donors (Lipinski definition) is 3. The SMILES string of the molecule is O=[N+]([O-])c1cccc(N/C(=C2/c3ccccc3NC2O)c2ccccc2)c1. The van der Waals surface area contributed by atoms with Crippen LogP contribution in [0, 0.1) is 10.1 Å². The summed E-state index contributed by atoms with van der Waals surface area (Å²) >= 11 is 0. The van der Waals surface area contributed by atoms with Gasteiger partial charge in [-0.1, -0.05) is 54.6 Å². The zero-order chi connectivity index (χ0) is 18.8. The summed E-state index contributed by atoms with van der Waals surface area (Å²) in [4.78, 5) is 10.7. The molecular weight excluding hydrogens is 342 g/mol. The van der Waals surface area contributed by atoms with E-state index in [0.717, 1.165) is 16.8 Å². The second kappa shape index (κ2) is 6.93. The maximum Gasteiger partial charge on any atom is 0.271 e. The van der Waals surface area contributed by atoms with Gasteiger partial charge in [0, 0.05) is 34.6 Å². The van der Waals surface area contributed by atoms with Crippen LogP contribution in [0.3, 0.4) is 0 Å². The lowest BCUT2D eigenvalue weighted by atomic mass is 9.99. The molecule has 1 aliphatic rings. The van der Waals surface area contributed by atoms with Gasteiger partial charge in [0.2, 0.25) is 0 Å². The monoisotopic (exact) mass is 359 g/mol. The van der Waals surface area contributed by atoms with Gasteiger partial charge in [-0.2, -0.15) is 0 Å². The third-order valence-corrected chi connectivity index (χ3v) is 4.44. The fourth-order valence-corrected chi connectivity index (χ4v) is 3.22. The van der Waals surface area contributed by atoms with Gasteiger partial charge in [-0.05, 0) is 17.7 Å². The van der Waals surface area contributed by atoms with Crippen LogP contribution in [0.1, 0.15) is 11.1 Å². The fraction of sp³-hybridized carbons (Fsp3) is 0.0476. The molecule has 0 spiro atoms. The van der Waals surface area contributed by atoms with Crippen LogP contribution in [-0.2, 0) is 0 Å². The summed E-state index contributed by atoms with van der Waals surface area (Å²) in [6.45, 7) is 0. The molecule has 1 unspecified atom stereocenters. The van der Waals surface area contributed by atoms with Gasteiger partial charge >= 0.3 is 0 Å². The van der Waals surface area contributed by atoms with Gasteiger partial charge < -0.3 is 15.7 Å². The zero-order valence-electron chi connectivity index (χ0n) is 14.3. The molecule has 3 aromatic carbocycles. The van der Waals surface area contributed by atoms with Crippen LogP contribution in [0.2, 0.25) is 0 Å². The van der Waals surface area contributed by atoms with Gasteiger partial charge in [-0.15, -0.1) is 0 Å². The lowest BCUT2D eigenvalue weighted by Crippen LogP contribution is -2.16. The zero-order valence-corrected chi connectivity index (χ0v) is 14.3. The van der Waals surface area contributed by atoms with Crippen molar-refractivity contribution in [1.29, 1.82) is 0 Å². The molecule has 0 saturated carbocycles. The Morgan fingerprint density at radius 2 is 1.74 bits per heavy atom. The second-order valence-corrected chi connectivity index (χ2v) is 6.18. The highest BCUT2D eigenvalue weighted by Gasteiger charge is 2.28. The summed E-state index contributed by atoms with van der Waals surface area (Å²) in [7, 11) is 0. The van der Waals surface area contributed by atoms with E-state index in [4.69, 9.17) is 0 Å². The van der Waals surface area contributed by atoms with E-state index in [-0.39, 0.29) is 5.69 Å². The second-order valence-electron chi connectivity index (χ2n) is 6.18. The fourth-order valence-electron chi connectivity index (χ4n) is 3.22. The smallest absolute Gasteiger partial charge is 0.271 e. The third-order valence-electron chi connectivity index (χ3n) is 4.44. The van der Waals surface area contributed by atoms with E-state index in [2.05, 4.69) is 10.6 Å². The van der Waals surface area contributed by atoms with Crippen LogP contribution in [0.25, 0.3) is 11.3 Å². The van der Waals surface area contributed by atoms with Crippen molar-refractivity contribution in [3.8, 4) is 0 Å². The van der Waals surface area contributed by atoms with E-state index in [1.807, 2.05) is 54.6 Å². The van der Waals surface area contributed by atoms with Gasteiger partial charge in [0.15, 0.2) is 6.23 Å². The summed E-state index contributed by atoms with van der Waals surface area (Å²) in [5.41, 5.74) is 4.58. The third kappa shape index (κ3) is 3.26. The van der Waals surface area contributed by atoms with Gasteiger partial charge in [0.1, 0.15) is 0 Å². The first-order valence-electron chi connectivity index (χ1n) is 8.48. The summed E-state index contributed by atoms with van der Waals surface area (Å²) < 4.78 is 0. The molecule has 134 valence electrons. The predicted octanol–water partition coefficient (Wildman–Crippen LogP) is 4.32. The van der Waals surface area contributed by atoms with Crippen molar-refractivity contribution >= 4 is 28.3 Å². The highest BCUT2D eigenvalue weighted by molar-refractivity contribution is 6.03. The molecule has 1 atom stereocenters. The van der Waals surface area contributed by atoms with Crippen molar-refractivity contribution in [3.63, 3.8) is 0 Å². The van der Waals surface area contributed by atoms with Crippen LogP contribution >= 0.6 is 0 Å². The number of anilines is 2. The van der Waals surface area contributed by atoms with Crippen molar-refractivity contribution < 1.29 is 10.0 Å². The number of aliphatic hydroxyl groups excluding tert-OH is 1. The molecule has 3 aromatic rings. The lowest BCUT2D eigenvalue weighted by molar-refractivity contribution is -0.384. The first-order valence-corrected chi connectivity index (χ1v) is 8.48. The number of benzene rings is 3. The number of aliphatic hydroxyl groups is 1. The molecule has 0 fully saturated rings. The molecule has 1 heterocycles. The molecule has 3 N–H and O–H groups in total. The summed E-state index contributed by atoms with van der Waals surface area (Å²) in [6.07, 6.45) is -0.885. The number of fused-ring (bicyclic) bond motifs is 1. The highest BCUT2D eigenvalue weighted by Crippen LogP contribution is 2.39. The topological polar surface area (TPSA) is 87.4 Å². The number of non-ortho nitro benzene ring substituents is 1. The van der Waals surface area contributed by atoms with Crippen molar-refractivity contribution in [2.24, 2.45) is 0 Å². The van der Waals surface area contributed by atoms with E-state index in [0.29, 0.717) is 17.0 Å². The maximum absolute atomic E-state index is 11.1. The quantitative estimate of drug-likeness (QED) is 0.477. The largest absolute Gasteiger partial charge is 0.369 e. The lowest BCUT2D eigenvalue weighted by Gasteiger charge is -2.17. The molecule has 1 aliphatic heterocycles. The summed E-state index contributed by atoms with van der Waals surface area (Å²) in [6, 6.07) is 23.6. The van der Waals surface area contributed by atoms with E-state index < -0.39 is 11.2 Å². The average Bonchev–Trinajstić information content (AvgIpc) is 3.02. The normalized spacial score (nSPS) is 17.0. The maximum atomic E-state index is 11.1. The van der Waals surface area contributed by atoms with Gasteiger partial charge in [0.05, 0.1) is 10.6 Å².